The van der Waals surface area contributed by atoms with E-state index in [1.165, 1.54) is 0 Å². The van der Waals surface area contributed by atoms with E-state index in [1.54, 1.807) is 24.3 Å². The molecule has 154 valence electrons. The van der Waals surface area contributed by atoms with E-state index in [-0.39, 0.29) is 0 Å². The van der Waals surface area contributed by atoms with Crippen LogP contribution in [-0.2, 0) is 10.3 Å². The van der Waals surface area contributed by atoms with Crippen LogP contribution in [0.2, 0.25) is 0 Å². The first-order chi connectivity index (χ1) is 15.7. The van der Waals surface area contributed by atoms with E-state index >= 15 is 0 Å². The highest BCUT2D eigenvalue weighted by molar-refractivity contribution is 5.90. The van der Waals surface area contributed by atoms with Crippen molar-refractivity contribution in [1.82, 2.24) is 0 Å². The van der Waals surface area contributed by atoms with Gasteiger partial charge >= 0.3 is 5.97 Å². The molecule has 0 aliphatic heterocycles. The smallest absolute Gasteiger partial charge is 0.339 e. The molecule has 0 amide bonds. The average molecular weight is 415 g/mol. The topological polar surface area (TPSA) is 26.3 Å². The van der Waals surface area contributed by atoms with Crippen LogP contribution >= 0.6 is 0 Å². The van der Waals surface area contributed by atoms with Gasteiger partial charge in [0.1, 0.15) is 0 Å². The molecule has 1 unspecified atom stereocenters. The van der Waals surface area contributed by atoms with Gasteiger partial charge in [0, 0.05) is 24.0 Å². The number of hydrogen-bond donors (Lipinski definition) is 0. The second-order valence-corrected chi connectivity index (χ2v) is 7.42. The van der Waals surface area contributed by atoms with Gasteiger partial charge in [-0.1, -0.05) is 103 Å². The van der Waals surface area contributed by atoms with Crippen molar-refractivity contribution >= 4 is 16.7 Å². The van der Waals surface area contributed by atoms with Crippen molar-refractivity contribution in [2.24, 2.45) is 0 Å². The number of rotatable bonds is 5. The van der Waals surface area contributed by atoms with E-state index in [1.807, 2.05) is 60.7 Å². The van der Waals surface area contributed by atoms with Crippen LogP contribution in [-0.4, -0.2) is 5.97 Å². The zero-order valence-electron chi connectivity index (χ0n) is 17.6. The minimum Gasteiger partial charge on any atom is -0.438 e. The van der Waals surface area contributed by atoms with Crippen LogP contribution in [0.5, 0.6) is 0 Å². The van der Waals surface area contributed by atoms with E-state index in [4.69, 9.17) is 11.2 Å². The van der Waals surface area contributed by atoms with Gasteiger partial charge in [0.15, 0.2) is 5.60 Å². The largest absolute Gasteiger partial charge is 0.438 e. The normalized spacial score (nSPS) is 12.1. The summed E-state index contributed by atoms with van der Waals surface area (Å²) in [6, 6.07) is 32.6. The summed E-state index contributed by atoms with van der Waals surface area (Å²) in [7, 11) is 0. The predicted octanol–water partition coefficient (Wildman–Crippen LogP) is 6.36. The van der Waals surface area contributed by atoms with E-state index in [2.05, 4.69) is 36.0 Å². The van der Waals surface area contributed by atoms with Crippen molar-refractivity contribution in [1.29, 1.82) is 0 Å². The standard InChI is InChI=1S/C30H22O2/c1-2-30(27-20-7-4-8-21-27,32-29(31)26-16-5-3-6-17-26)23-12-11-15-25-19-13-18-24-14-9-10-22-28(24)25/h1,3-10,13-14,16-22H,12,23H2. The summed E-state index contributed by atoms with van der Waals surface area (Å²) >= 11 is 0. The molecule has 4 rings (SSSR count). The molecule has 0 spiro atoms. The number of ether oxygens (including phenoxy) is 1. The van der Waals surface area contributed by atoms with Crippen LogP contribution in [0, 0.1) is 24.2 Å². The predicted molar refractivity (Wildman–Crippen MR) is 129 cm³/mol. The van der Waals surface area contributed by atoms with Gasteiger partial charge in [-0.2, -0.15) is 0 Å². The van der Waals surface area contributed by atoms with Crippen molar-refractivity contribution in [3.63, 3.8) is 0 Å². The van der Waals surface area contributed by atoms with Gasteiger partial charge in [-0.25, -0.2) is 4.79 Å². The summed E-state index contributed by atoms with van der Waals surface area (Å²) in [6.07, 6.45) is 6.83. The third-order valence-corrected chi connectivity index (χ3v) is 5.36. The Labute approximate surface area is 188 Å². The molecule has 0 aliphatic rings. The Morgan fingerprint density at radius 1 is 0.812 bits per heavy atom. The highest BCUT2D eigenvalue weighted by Gasteiger charge is 2.34. The van der Waals surface area contributed by atoms with Crippen LogP contribution in [0.4, 0.5) is 0 Å². The van der Waals surface area contributed by atoms with E-state index in [0.29, 0.717) is 18.4 Å². The van der Waals surface area contributed by atoms with Crippen LogP contribution < -0.4 is 0 Å². The molecule has 0 N–H and O–H groups in total. The molecule has 0 aliphatic carbocycles. The molecule has 2 heteroatoms. The van der Waals surface area contributed by atoms with Crippen LogP contribution in [0.25, 0.3) is 10.8 Å². The summed E-state index contributed by atoms with van der Waals surface area (Å²) in [5.41, 5.74) is 1.00. The Morgan fingerprint density at radius 3 is 2.22 bits per heavy atom. The molecule has 4 aromatic rings. The fraction of sp³-hybridized carbons (Fsp3) is 0.100. The van der Waals surface area contributed by atoms with Gasteiger partial charge in [0.25, 0.3) is 0 Å². The Bertz CT molecular complexity index is 1320. The van der Waals surface area contributed by atoms with Gasteiger partial charge in [-0.05, 0) is 29.0 Å². The lowest BCUT2D eigenvalue weighted by Crippen LogP contribution is -2.31. The maximum Gasteiger partial charge on any atom is 0.339 e. The van der Waals surface area contributed by atoms with Crippen molar-refractivity contribution in [3.05, 3.63) is 120 Å². The Balaban J connectivity index is 1.60. The van der Waals surface area contributed by atoms with Crippen molar-refractivity contribution in [2.75, 3.05) is 0 Å². The minimum absolute atomic E-state index is 0.393. The summed E-state index contributed by atoms with van der Waals surface area (Å²) < 4.78 is 5.94. The Kier molecular flexibility index (Phi) is 6.35. The monoisotopic (exact) mass is 414 g/mol. The number of carbonyl (C=O) groups excluding carboxylic acids is 1. The first kappa shape index (κ1) is 21.0. The quantitative estimate of drug-likeness (QED) is 0.281. The third kappa shape index (κ3) is 4.56. The molecule has 32 heavy (non-hydrogen) atoms. The van der Waals surface area contributed by atoms with Crippen molar-refractivity contribution < 1.29 is 9.53 Å². The molecule has 0 radical (unpaired) electrons. The maximum absolute atomic E-state index is 12.8. The van der Waals surface area contributed by atoms with Gasteiger partial charge in [0.2, 0.25) is 0 Å². The molecule has 0 saturated heterocycles. The zero-order chi connectivity index (χ0) is 22.2. The number of benzene rings is 4. The number of esters is 1. The molecular formula is C30H22O2. The highest BCUT2D eigenvalue weighted by Crippen LogP contribution is 2.31. The van der Waals surface area contributed by atoms with E-state index in [9.17, 15) is 4.79 Å². The van der Waals surface area contributed by atoms with Crippen LogP contribution in [0.1, 0.15) is 34.3 Å². The lowest BCUT2D eigenvalue weighted by molar-refractivity contribution is 0.00309. The molecule has 0 aromatic heterocycles. The van der Waals surface area contributed by atoms with E-state index in [0.717, 1.165) is 21.9 Å². The van der Waals surface area contributed by atoms with Crippen molar-refractivity contribution in [3.8, 4) is 24.2 Å². The number of hydrogen-bond acceptors (Lipinski definition) is 2. The van der Waals surface area contributed by atoms with Gasteiger partial charge in [-0.15, -0.1) is 6.42 Å². The summed E-state index contributed by atoms with van der Waals surface area (Å²) in [6.45, 7) is 0. The second-order valence-electron chi connectivity index (χ2n) is 7.42. The second kappa shape index (κ2) is 9.69. The lowest BCUT2D eigenvalue weighted by Gasteiger charge is -2.28. The fourth-order valence-corrected chi connectivity index (χ4v) is 3.67. The number of terminal acetylenes is 1. The maximum atomic E-state index is 12.8. The minimum atomic E-state index is -1.19. The first-order valence-electron chi connectivity index (χ1n) is 10.5. The third-order valence-electron chi connectivity index (χ3n) is 5.36. The summed E-state index contributed by atoms with van der Waals surface area (Å²) in [4.78, 5) is 12.8. The molecule has 4 aromatic carbocycles. The van der Waals surface area contributed by atoms with Gasteiger partial charge < -0.3 is 4.74 Å². The Hall–Kier alpha value is -4.27. The molecular weight excluding hydrogens is 392 g/mol. The Morgan fingerprint density at radius 2 is 1.47 bits per heavy atom. The lowest BCUT2D eigenvalue weighted by atomic mass is 9.89. The summed E-state index contributed by atoms with van der Waals surface area (Å²) in [5.74, 6) is 8.79. The summed E-state index contributed by atoms with van der Waals surface area (Å²) in [5, 5.41) is 2.27. The molecule has 0 heterocycles. The van der Waals surface area contributed by atoms with Gasteiger partial charge in [-0.3, -0.25) is 0 Å². The molecule has 1 atom stereocenters. The molecule has 0 saturated carbocycles. The highest BCUT2D eigenvalue weighted by atomic mass is 16.6. The molecule has 0 fully saturated rings. The van der Waals surface area contributed by atoms with Crippen LogP contribution in [0.15, 0.2) is 103 Å². The van der Waals surface area contributed by atoms with Gasteiger partial charge in [0.05, 0.1) is 5.56 Å². The molecule has 2 nitrogen and oxygen atoms in total. The van der Waals surface area contributed by atoms with Crippen molar-refractivity contribution in [2.45, 2.75) is 18.4 Å². The van der Waals surface area contributed by atoms with E-state index < -0.39 is 11.6 Å². The SMILES string of the molecule is C#CC(CCC#Cc1cccc2ccccc12)(OC(=O)c1ccccc1)c1ccccc1. The number of carbonyl (C=O) groups is 1. The zero-order valence-corrected chi connectivity index (χ0v) is 17.6. The average Bonchev–Trinajstić information content (AvgIpc) is 2.87. The molecule has 0 bridgehead atoms. The fourth-order valence-electron chi connectivity index (χ4n) is 3.67. The van der Waals surface area contributed by atoms with Crippen LogP contribution in [0.3, 0.4) is 0 Å². The first-order valence-corrected chi connectivity index (χ1v) is 10.5. The number of fused-ring (bicyclic) bond motifs is 1.